The van der Waals surface area contributed by atoms with Gasteiger partial charge in [-0.25, -0.2) is 0 Å². The third-order valence-corrected chi connectivity index (χ3v) is 4.23. The largest absolute Gasteiger partial charge is 0.356 e. The molecule has 1 aromatic heterocycles. The maximum absolute atomic E-state index is 12.3. The van der Waals surface area contributed by atoms with Gasteiger partial charge in [-0.05, 0) is 49.9 Å². The Labute approximate surface area is 148 Å². The molecule has 2 aromatic rings. The summed E-state index contributed by atoms with van der Waals surface area (Å²) in [7, 11) is 0. The predicted molar refractivity (Wildman–Crippen MR) is 98.4 cm³/mol. The summed E-state index contributed by atoms with van der Waals surface area (Å²) in [6.45, 7) is 7.94. The van der Waals surface area contributed by atoms with Crippen LogP contribution >= 0.6 is 0 Å². The van der Waals surface area contributed by atoms with Crippen molar-refractivity contribution in [1.29, 1.82) is 0 Å². The molecule has 0 aliphatic carbocycles. The van der Waals surface area contributed by atoms with Gasteiger partial charge >= 0.3 is 0 Å². The van der Waals surface area contributed by atoms with E-state index in [1.165, 1.54) is 6.92 Å². The number of anilines is 1. The molecule has 2 rings (SSSR count). The first-order valence-electron chi connectivity index (χ1n) is 8.51. The Kier molecular flexibility index (Phi) is 6.33. The smallest absolute Gasteiger partial charge is 0.223 e. The molecule has 1 unspecified atom stereocenters. The maximum Gasteiger partial charge on any atom is 0.223 e. The van der Waals surface area contributed by atoms with Crippen molar-refractivity contribution in [2.45, 2.75) is 40.5 Å². The van der Waals surface area contributed by atoms with Crippen molar-refractivity contribution in [3.8, 4) is 0 Å². The minimum absolute atomic E-state index is 0.0508. The Hall–Kier alpha value is -2.63. The molecule has 1 atom stereocenters. The van der Waals surface area contributed by atoms with Gasteiger partial charge in [0.2, 0.25) is 11.8 Å². The van der Waals surface area contributed by atoms with E-state index in [-0.39, 0.29) is 17.7 Å². The lowest BCUT2D eigenvalue weighted by molar-refractivity contribution is -0.124. The second-order valence-corrected chi connectivity index (χ2v) is 6.44. The molecule has 6 nitrogen and oxygen atoms in total. The van der Waals surface area contributed by atoms with Crippen molar-refractivity contribution < 1.29 is 9.59 Å². The van der Waals surface area contributed by atoms with Crippen molar-refractivity contribution >= 4 is 17.5 Å². The van der Waals surface area contributed by atoms with E-state index < -0.39 is 0 Å². The van der Waals surface area contributed by atoms with E-state index in [1.54, 1.807) is 0 Å². The molecule has 25 heavy (non-hydrogen) atoms. The Morgan fingerprint density at radius 1 is 1.20 bits per heavy atom. The maximum atomic E-state index is 12.3. The molecule has 2 amide bonds. The first kappa shape index (κ1) is 18.7. The fourth-order valence-electron chi connectivity index (χ4n) is 2.74. The van der Waals surface area contributed by atoms with Crippen molar-refractivity contribution in [2.24, 2.45) is 5.92 Å². The number of amides is 2. The van der Waals surface area contributed by atoms with Gasteiger partial charge in [-0.15, -0.1) is 0 Å². The number of aromatic nitrogens is 2. The SMILES string of the molecule is CC(=O)Nc1ccc(CCNC(=O)C(C)Cc2c(C)n[nH]c2C)cc1. The van der Waals surface area contributed by atoms with E-state index in [2.05, 4.69) is 20.8 Å². The van der Waals surface area contributed by atoms with Crippen LogP contribution in [0.3, 0.4) is 0 Å². The molecule has 3 N–H and O–H groups in total. The Bertz CT molecular complexity index is 715. The van der Waals surface area contributed by atoms with Crippen LogP contribution in [0.5, 0.6) is 0 Å². The summed E-state index contributed by atoms with van der Waals surface area (Å²) in [6, 6.07) is 7.65. The fraction of sp³-hybridized carbons (Fsp3) is 0.421. The van der Waals surface area contributed by atoms with E-state index in [0.717, 1.165) is 34.6 Å². The van der Waals surface area contributed by atoms with Gasteiger partial charge in [-0.1, -0.05) is 19.1 Å². The molecule has 0 spiro atoms. The van der Waals surface area contributed by atoms with E-state index in [0.29, 0.717) is 13.0 Å². The van der Waals surface area contributed by atoms with Crippen LogP contribution in [0.15, 0.2) is 24.3 Å². The second kappa shape index (κ2) is 8.46. The number of rotatable bonds is 7. The second-order valence-electron chi connectivity index (χ2n) is 6.44. The minimum Gasteiger partial charge on any atom is -0.356 e. The average molecular weight is 342 g/mol. The van der Waals surface area contributed by atoms with E-state index >= 15 is 0 Å². The Morgan fingerprint density at radius 2 is 1.88 bits per heavy atom. The number of H-pyrrole nitrogens is 1. The van der Waals surface area contributed by atoms with Crippen molar-refractivity contribution in [3.63, 3.8) is 0 Å². The van der Waals surface area contributed by atoms with E-state index in [4.69, 9.17) is 0 Å². The summed E-state index contributed by atoms with van der Waals surface area (Å²) in [5.74, 6) is -0.135. The number of hydrogen-bond acceptors (Lipinski definition) is 3. The molecule has 6 heteroatoms. The number of nitrogens with zero attached hydrogens (tertiary/aromatic N) is 1. The summed E-state index contributed by atoms with van der Waals surface area (Å²) < 4.78 is 0. The molecule has 0 aliphatic rings. The third kappa shape index (κ3) is 5.45. The lowest BCUT2D eigenvalue weighted by Crippen LogP contribution is -2.32. The minimum atomic E-state index is -0.0999. The van der Waals surface area contributed by atoms with Gasteiger partial charge in [-0.2, -0.15) is 5.10 Å². The van der Waals surface area contributed by atoms with Crippen LogP contribution in [0, 0.1) is 19.8 Å². The van der Waals surface area contributed by atoms with Gasteiger partial charge in [0.1, 0.15) is 0 Å². The molecule has 0 saturated carbocycles. The van der Waals surface area contributed by atoms with Crippen LogP contribution in [-0.4, -0.2) is 28.6 Å². The molecule has 1 aromatic carbocycles. The standard InChI is InChI=1S/C19H26N4O2/c1-12(11-18-13(2)22-23-14(18)3)19(25)20-10-9-16-5-7-17(8-6-16)21-15(4)24/h5-8,12H,9-11H2,1-4H3,(H,20,25)(H,21,24)(H,22,23). The number of hydrogen-bond donors (Lipinski definition) is 3. The number of aromatic amines is 1. The monoisotopic (exact) mass is 342 g/mol. The molecule has 0 aliphatic heterocycles. The van der Waals surface area contributed by atoms with E-state index in [1.807, 2.05) is 45.0 Å². The van der Waals surface area contributed by atoms with Gasteiger partial charge in [0.15, 0.2) is 0 Å². The van der Waals surface area contributed by atoms with Crippen LogP contribution in [0.1, 0.15) is 36.4 Å². The van der Waals surface area contributed by atoms with Crippen LogP contribution < -0.4 is 10.6 Å². The van der Waals surface area contributed by atoms with E-state index in [9.17, 15) is 9.59 Å². The quantitative estimate of drug-likeness (QED) is 0.722. The molecule has 0 radical (unpaired) electrons. The summed E-state index contributed by atoms with van der Waals surface area (Å²) in [4.78, 5) is 23.3. The first-order chi connectivity index (χ1) is 11.9. The lowest BCUT2D eigenvalue weighted by atomic mass is 9.99. The van der Waals surface area contributed by atoms with Crippen molar-refractivity contribution in [3.05, 3.63) is 46.8 Å². The Morgan fingerprint density at radius 3 is 2.44 bits per heavy atom. The first-order valence-corrected chi connectivity index (χ1v) is 8.51. The number of benzene rings is 1. The lowest BCUT2D eigenvalue weighted by Gasteiger charge is -2.12. The van der Waals surface area contributed by atoms with Gasteiger partial charge < -0.3 is 10.6 Å². The highest BCUT2D eigenvalue weighted by Crippen LogP contribution is 2.15. The molecule has 0 saturated heterocycles. The number of carbonyl (C=O) groups is 2. The predicted octanol–water partition coefficient (Wildman–Crippen LogP) is 2.52. The zero-order valence-electron chi connectivity index (χ0n) is 15.3. The molecular weight excluding hydrogens is 316 g/mol. The normalized spacial score (nSPS) is 11.8. The summed E-state index contributed by atoms with van der Waals surface area (Å²) in [5, 5.41) is 12.9. The fourth-order valence-corrected chi connectivity index (χ4v) is 2.74. The third-order valence-electron chi connectivity index (χ3n) is 4.23. The topological polar surface area (TPSA) is 86.9 Å². The van der Waals surface area contributed by atoms with Crippen LogP contribution in [0.4, 0.5) is 5.69 Å². The van der Waals surface area contributed by atoms with Gasteiger partial charge in [0.25, 0.3) is 0 Å². The molecular formula is C19H26N4O2. The summed E-state index contributed by atoms with van der Waals surface area (Å²) >= 11 is 0. The summed E-state index contributed by atoms with van der Waals surface area (Å²) in [6.07, 6.45) is 1.44. The van der Waals surface area contributed by atoms with Gasteiger partial charge in [0, 0.05) is 30.8 Å². The van der Waals surface area contributed by atoms with Crippen LogP contribution in [0.25, 0.3) is 0 Å². The van der Waals surface area contributed by atoms with Crippen LogP contribution in [-0.2, 0) is 22.4 Å². The Balaban J connectivity index is 1.78. The highest BCUT2D eigenvalue weighted by atomic mass is 16.2. The van der Waals surface area contributed by atoms with Crippen molar-refractivity contribution in [1.82, 2.24) is 15.5 Å². The van der Waals surface area contributed by atoms with Crippen molar-refractivity contribution in [2.75, 3.05) is 11.9 Å². The zero-order valence-corrected chi connectivity index (χ0v) is 15.3. The number of nitrogens with one attached hydrogen (secondary N) is 3. The van der Waals surface area contributed by atoms with Gasteiger partial charge in [0.05, 0.1) is 5.69 Å². The number of carbonyl (C=O) groups excluding carboxylic acids is 2. The number of aryl methyl sites for hydroxylation is 2. The zero-order chi connectivity index (χ0) is 18.4. The highest BCUT2D eigenvalue weighted by molar-refractivity contribution is 5.88. The molecule has 134 valence electrons. The van der Waals surface area contributed by atoms with Crippen LogP contribution in [0.2, 0.25) is 0 Å². The molecule has 0 bridgehead atoms. The molecule has 1 heterocycles. The van der Waals surface area contributed by atoms with Gasteiger partial charge in [-0.3, -0.25) is 14.7 Å². The highest BCUT2D eigenvalue weighted by Gasteiger charge is 2.17. The average Bonchev–Trinajstić information content (AvgIpc) is 2.87. The molecule has 0 fully saturated rings. The summed E-state index contributed by atoms with van der Waals surface area (Å²) in [5.41, 5.74) is 4.99.